The zero-order chi connectivity index (χ0) is 16.6. The first-order chi connectivity index (χ1) is 11.8. The van der Waals surface area contributed by atoms with Gasteiger partial charge in [-0.05, 0) is 35.9 Å². The molecule has 1 aliphatic rings. The van der Waals surface area contributed by atoms with Gasteiger partial charge in [-0.2, -0.15) is 5.10 Å². The highest BCUT2D eigenvalue weighted by Crippen LogP contribution is 2.32. The van der Waals surface area contributed by atoms with Crippen molar-refractivity contribution in [2.24, 2.45) is 5.10 Å². The highest BCUT2D eigenvalue weighted by molar-refractivity contribution is 5.82. The number of rotatable bonds is 6. The number of carbonyl (C=O) groups is 1. The topological polar surface area (TPSA) is 69.2 Å². The van der Waals surface area contributed by atoms with Gasteiger partial charge in [0.15, 0.2) is 18.1 Å². The van der Waals surface area contributed by atoms with Crippen LogP contribution < -0.4 is 19.6 Å². The number of hydrazone groups is 1. The summed E-state index contributed by atoms with van der Waals surface area (Å²) in [4.78, 5) is 11.6. The van der Waals surface area contributed by atoms with Crippen LogP contribution in [0.25, 0.3) is 6.08 Å². The third-order valence-electron chi connectivity index (χ3n) is 3.15. The molecule has 3 rings (SSSR count). The van der Waals surface area contributed by atoms with Crippen molar-refractivity contribution in [1.29, 1.82) is 0 Å². The predicted molar refractivity (Wildman–Crippen MR) is 90.2 cm³/mol. The number of hydrogen-bond acceptors (Lipinski definition) is 5. The van der Waals surface area contributed by atoms with E-state index in [1.807, 2.05) is 42.5 Å². The molecule has 0 unspecified atom stereocenters. The number of allylic oxidation sites excluding steroid dienone is 1. The average molecular weight is 324 g/mol. The number of ether oxygens (including phenoxy) is 3. The van der Waals surface area contributed by atoms with E-state index < -0.39 is 0 Å². The molecule has 1 heterocycles. The molecule has 122 valence electrons. The van der Waals surface area contributed by atoms with E-state index in [-0.39, 0.29) is 19.3 Å². The van der Waals surface area contributed by atoms with E-state index in [0.29, 0.717) is 5.75 Å². The Morgan fingerprint density at radius 2 is 2.00 bits per heavy atom. The number of nitrogens with zero attached hydrogens (tertiary/aromatic N) is 1. The van der Waals surface area contributed by atoms with Gasteiger partial charge in [-0.1, -0.05) is 30.3 Å². The van der Waals surface area contributed by atoms with E-state index in [1.54, 1.807) is 18.2 Å². The molecule has 2 aromatic rings. The van der Waals surface area contributed by atoms with Crippen LogP contribution in [0.2, 0.25) is 0 Å². The molecule has 1 amide bonds. The van der Waals surface area contributed by atoms with Crippen LogP contribution in [-0.4, -0.2) is 25.5 Å². The Bertz CT molecular complexity index is 757. The molecule has 6 nitrogen and oxygen atoms in total. The fraction of sp³-hybridized carbons (Fsp3) is 0.111. The summed E-state index contributed by atoms with van der Waals surface area (Å²) in [6.45, 7) is 0.161. The van der Waals surface area contributed by atoms with Crippen molar-refractivity contribution in [2.75, 3.05) is 13.4 Å². The molecule has 0 fully saturated rings. The van der Waals surface area contributed by atoms with Crippen LogP contribution in [0, 0.1) is 0 Å². The highest BCUT2D eigenvalue weighted by atomic mass is 16.7. The minimum absolute atomic E-state index is 0.0901. The van der Waals surface area contributed by atoms with E-state index in [0.717, 1.165) is 17.1 Å². The van der Waals surface area contributed by atoms with Crippen molar-refractivity contribution in [3.63, 3.8) is 0 Å². The lowest BCUT2D eigenvalue weighted by atomic mass is 10.2. The fourth-order valence-corrected chi connectivity index (χ4v) is 2.02. The summed E-state index contributed by atoms with van der Waals surface area (Å²) in [5.74, 6) is 1.78. The lowest BCUT2D eigenvalue weighted by Gasteiger charge is -2.03. The highest BCUT2D eigenvalue weighted by Gasteiger charge is 2.11. The largest absolute Gasteiger partial charge is 0.484 e. The third-order valence-corrected chi connectivity index (χ3v) is 3.15. The second-order valence-corrected chi connectivity index (χ2v) is 4.89. The maximum Gasteiger partial charge on any atom is 0.277 e. The Hall–Kier alpha value is -3.28. The second kappa shape index (κ2) is 7.82. The predicted octanol–water partition coefficient (Wildman–Crippen LogP) is 2.61. The van der Waals surface area contributed by atoms with Crippen LogP contribution in [0.4, 0.5) is 0 Å². The Kier molecular flexibility index (Phi) is 5.09. The molecule has 0 aromatic heterocycles. The van der Waals surface area contributed by atoms with Crippen LogP contribution in [0.5, 0.6) is 17.2 Å². The van der Waals surface area contributed by atoms with Gasteiger partial charge in [-0.25, -0.2) is 5.43 Å². The minimum atomic E-state index is -0.327. The Labute approximate surface area is 139 Å². The maximum absolute atomic E-state index is 11.6. The molecule has 0 radical (unpaired) electrons. The normalized spacial score (nSPS) is 12.7. The van der Waals surface area contributed by atoms with Crippen molar-refractivity contribution < 1.29 is 19.0 Å². The number of fused-ring (bicyclic) bond motifs is 1. The SMILES string of the molecule is O=C(COc1ccccc1)N/N=C/C=C/c1ccc2c(c1)OCO2. The number of amides is 1. The first kappa shape index (κ1) is 15.6. The summed E-state index contributed by atoms with van der Waals surface area (Å²) in [7, 11) is 0. The minimum Gasteiger partial charge on any atom is -0.484 e. The first-order valence-electron chi connectivity index (χ1n) is 7.37. The standard InChI is InChI=1S/C18H16N2O4/c21-18(12-22-15-6-2-1-3-7-15)20-19-10-4-5-14-8-9-16-17(11-14)24-13-23-16/h1-11H,12-13H2,(H,20,21)/b5-4+,19-10+. The zero-order valence-electron chi connectivity index (χ0n) is 12.8. The van der Waals surface area contributed by atoms with Gasteiger partial charge in [0.25, 0.3) is 5.91 Å². The van der Waals surface area contributed by atoms with E-state index >= 15 is 0 Å². The molecule has 0 spiro atoms. The van der Waals surface area contributed by atoms with Crippen molar-refractivity contribution in [3.8, 4) is 17.2 Å². The molecule has 1 N–H and O–H groups in total. The Balaban J connectivity index is 1.42. The lowest BCUT2D eigenvalue weighted by Crippen LogP contribution is -2.24. The fourth-order valence-electron chi connectivity index (χ4n) is 2.02. The summed E-state index contributed by atoms with van der Waals surface area (Å²) in [5, 5.41) is 3.82. The van der Waals surface area contributed by atoms with Crippen molar-refractivity contribution in [1.82, 2.24) is 5.43 Å². The molecule has 2 aromatic carbocycles. The van der Waals surface area contributed by atoms with Crippen molar-refractivity contribution >= 4 is 18.2 Å². The number of nitrogens with one attached hydrogen (secondary N) is 1. The summed E-state index contributed by atoms with van der Waals surface area (Å²) in [5.41, 5.74) is 3.34. The van der Waals surface area contributed by atoms with E-state index in [9.17, 15) is 4.79 Å². The smallest absolute Gasteiger partial charge is 0.277 e. The Morgan fingerprint density at radius 3 is 2.88 bits per heavy atom. The first-order valence-corrected chi connectivity index (χ1v) is 7.37. The maximum atomic E-state index is 11.6. The van der Waals surface area contributed by atoms with Crippen LogP contribution in [-0.2, 0) is 4.79 Å². The van der Waals surface area contributed by atoms with Gasteiger partial charge in [0.2, 0.25) is 6.79 Å². The van der Waals surface area contributed by atoms with Crippen LogP contribution in [0.15, 0.2) is 59.7 Å². The average Bonchev–Trinajstić information content (AvgIpc) is 3.08. The van der Waals surface area contributed by atoms with Gasteiger partial charge >= 0.3 is 0 Å². The molecule has 0 bridgehead atoms. The second-order valence-electron chi connectivity index (χ2n) is 4.89. The number of benzene rings is 2. The van der Waals surface area contributed by atoms with Crippen LogP contribution in [0.1, 0.15) is 5.56 Å². The van der Waals surface area contributed by atoms with Gasteiger partial charge in [0, 0.05) is 6.21 Å². The number of carbonyl (C=O) groups excluding carboxylic acids is 1. The van der Waals surface area contributed by atoms with Crippen molar-refractivity contribution in [2.45, 2.75) is 0 Å². The van der Waals surface area contributed by atoms with E-state index in [2.05, 4.69) is 10.5 Å². The molecule has 0 saturated heterocycles. The summed E-state index contributed by atoms with van der Waals surface area (Å²) in [6.07, 6.45) is 5.05. The Morgan fingerprint density at radius 1 is 1.17 bits per heavy atom. The number of hydrogen-bond donors (Lipinski definition) is 1. The molecular formula is C18H16N2O4. The summed E-state index contributed by atoms with van der Waals surface area (Å²) in [6, 6.07) is 14.8. The van der Waals surface area contributed by atoms with Gasteiger partial charge < -0.3 is 14.2 Å². The van der Waals surface area contributed by atoms with E-state index in [4.69, 9.17) is 14.2 Å². The third kappa shape index (κ3) is 4.36. The van der Waals surface area contributed by atoms with Gasteiger partial charge in [-0.3, -0.25) is 4.79 Å². The quantitative estimate of drug-likeness (QED) is 0.655. The molecule has 24 heavy (non-hydrogen) atoms. The molecule has 0 aliphatic carbocycles. The lowest BCUT2D eigenvalue weighted by molar-refractivity contribution is -0.123. The molecule has 0 saturated carbocycles. The molecular weight excluding hydrogens is 308 g/mol. The van der Waals surface area contributed by atoms with Gasteiger partial charge in [-0.15, -0.1) is 0 Å². The van der Waals surface area contributed by atoms with Crippen molar-refractivity contribution in [3.05, 3.63) is 60.2 Å². The monoisotopic (exact) mass is 324 g/mol. The summed E-state index contributed by atoms with van der Waals surface area (Å²) >= 11 is 0. The molecule has 0 atom stereocenters. The molecule has 1 aliphatic heterocycles. The van der Waals surface area contributed by atoms with Crippen LogP contribution >= 0.6 is 0 Å². The molecule has 6 heteroatoms. The van der Waals surface area contributed by atoms with E-state index in [1.165, 1.54) is 6.21 Å². The van der Waals surface area contributed by atoms with Gasteiger partial charge in [0.1, 0.15) is 5.75 Å². The number of para-hydroxylation sites is 1. The van der Waals surface area contributed by atoms with Gasteiger partial charge in [0.05, 0.1) is 0 Å². The zero-order valence-corrected chi connectivity index (χ0v) is 12.8. The van der Waals surface area contributed by atoms with Crippen LogP contribution in [0.3, 0.4) is 0 Å². The summed E-state index contributed by atoms with van der Waals surface area (Å²) < 4.78 is 15.9.